The molecule has 7 heteroatoms. The van der Waals surface area contributed by atoms with Gasteiger partial charge in [0, 0.05) is 12.1 Å². The minimum absolute atomic E-state index is 0.168. The van der Waals surface area contributed by atoms with E-state index in [2.05, 4.69) is 31.8 Å². The molecule has 0 aliphatic carbocycles. The molecule has 0 fully saturated rings. The summed E-state index contributed by atoms with van der Waals surface area (Å²) in [5.74, 6) is 0.982. The number of hydrogen-bond donors (Lipinski definition) is 3. The Bertz CT molecular complexity index is 738. The van der Waals surface area contributed by atoms with Crippen molar-refractivity contribution >= 4 is 39.5 Å². The molecule has 0 radical (unpaired) electrons. The Morgan fingerprint density at radius 3 is 2.83 bits per heavy atom. The van der Waals surface area contributed by atoms with E-state index in [-0.39, 0.29) is 5.75 Å². The molecule has 2 rings (SSSR count). The lowest BCUT2D eigenvalue weighted by molar-refractivity contribution is 0.338. The third-order valence-corrected chi connectivity index (χ3v) is 3.91. The van der Waals surface area contributed by atoms with Gasteiger partial charge in [0.15, 0.2) is 5.11 Å². The van der Waals surface area contributed by atoms with Crippen molar-refractivity contribution in [2.75, 3.05) is 6.61 Å². The molecule has 0 saturated carbocycles. The fourth-order valence-electron chi connectivity index (χ4n) is 1.91. The van der Waals surface area contributed by atoms with Gasteiger partial charge in [0.1, 0.15) is 11.5 Å². The fourth-order valence-corrected chi connectivity index (χ4v) is 2.57. The van der Waals surface area contributed by atoms with Crippen LogP contribution in [-0.2, 0) is 6.54 Å². The number of rotatable bonds is 6. The Hall–Kier alpha value is -2.12. The number of halogens is 1. The van der Waals surface area contributed by atoms with E-state index in [4.69, 9.17) is 17.0 Å². The lowest BCUT2D eigenvalue weighted by Crippen LogP contribution is -2.31. The maximum Gasteiger partial charge on any atom is 0.187 e. The van der Waals surface area contributed by atoms with Crippen LogP contribution < -0.4 is 15.5 Å². The largest absolute Gasteiger partial charge is 0.507 e. The fraction of sp³-hybridized carbons (Fsp3) is 0.176. The van der Waals surface area contributed by atoms with E-state index < -0.39 is 0 Å². The summed E-state index contributed by atoms with van der Waals surface area (Å²) in [6.45, 7) is 3.13. The molecule has 0 saturated heterocycles. The molecular formula is C17H18BrN3O2S. The molecule has 0 bridgehead atoms. The first kappa shape index (κ1) is 18.2. The van der Waals surface area contributed by atoms with Crippen LogP contribution in [-0.4, -0.2) is 23.0 Å². The summed E-state index contributed by atoms with van der Waals surface area (Å²) in [5.41, 5.74) is 4.39. The number of ether oxygens (including phenoxy) is 1. The molecule has 0 unspecified atom stereocenters. The first-order chi connectivity index (χ1) is 11.6. The number of hydrazone groups is 1. The van der Waals surface area contributed by atoms with Gasteiger partial charge in [0.25, 0.3) is 0 Å². The molecule has 2 aromatic rings. The standard InChI is InChI=1S/C17H18BrN3O2S/c1-2-23-16-8-7-12(9-14(16)18)10-19-17(24)21-20-11-13-5-3-4-6-15(13)22/h3-9,11,22H,2,10H2,1H3,(H2,19,21,24)/b20-11+. The molecule has 126 valence electrons. The summed E-state index contributed by atoms with van der Waals surface area (Å²) in [5, 5.41) is 17.1. The lowest BCUT2D eigenvalue weighted by atomic mass is 10.2. The highest BCUT2D eigenvalue weighted by atomic mass is 79.9. The van der Waals surface area contributed by atoms with Gasteiger partial charge >= 0.3 is 0 Å². The predicted molar refractivity (Wildman–Crippen MR) is 104 cm³/mol. The van der Waals surface area contributed by atoms with Crippen LogP contribution in [0.4, 0.5) is 0 Å². The van der Waals surface area contributed by atoms with E-state index in [1.54, 1.807) is 18.2 Å². The second kappa shape index (κ2) is 9.24. The van der Waals surface area contributed by atoms with Gasteiger partial charge < -0.3 is 15.2 Å². The van der Waals surface area contributed by atoms with Crippen LogP contribution >= 0.6 is 28.1 Å². The van der Waals surface area contributed by atoms with Crippen LogP contribution in [0, 0.1) is 0 Å². The monoisotopic (exact) mass is 407 g/mol. The van der Waals surface area contributed by atoms with Gasteiger partial charge in [0.05, 0.1) is 17.3 Å². The molecule has 0 heterocycles. The summed E-state index contributed by atoms with van der Waals surface area (Å²) < 4.78 is 6.38. The summed E-state index contributed by atoms with van der Waals surface area (Å²) in [6, 6.07) is 12.8. The number of hydrogen-bond acceptors (Lipinski definition) is 4. The highest BCUT2D eigenvalue weighted by Crippen LogP contribution is 2.25. The van der Waals surface area contributed by atoms with Gasteiger partial charge in [-0.05, 0) is 64.9 Å². The molecule has 0 spiro atoms. The van der Waals surface area contributed by atoms with Crippen LogP contribution in [0.1, 0.15) is 18.1 Å². The van der Waals surface area contributed by atoms with Crippen LogP contribution in [0.15, 0.2) is 52.0 Å². The van der Waals surface area contributed by atoms with Crippen LogP contribution in [0.5, 0.6) is 11.5 Å². The average molecular weight is 408 g/mol. The van der Waals surface area contributed by atoms with Gasteiger partial charge in [0.2, 0.25) is 0 Å². The maximum absolute atomic E-state index is 9.63. The first-order valence-electron chi connectivity index (χ1n) is 7.36. The number of thiocarbonyl (C=S) groups is 1. The van der Waals surface area contributed by atoms with Crippen molar-refractivity contribution < 1.29 is 9.84 Å². The quantitative estimate of drug-likeness (QED) is 0.388. The van der Waals surface area contributed by atoms with Crippen molar-refractivity contribution in [3.8, 4) is 11.5 Å². The van der Waals surface area contributed by atoms with E-state index in [1.165, 1.54) is 6.21 Å². The predicted octanol–water partition coefficient (Wildman–Crippen LogP) is 3.55. The zero-order chi connectivity index (χ0) is 17.4. The van der Waals surface area contributed by atoms with Gasteiger partial charge in [-0.1, -0.05) is 18.2 Å². The Morgan fingerprint density at radius 1 is 1.33 bits per heavy atom. The molecule has 0 atom stereocenters. The Kier molecular flexibility index (Phi) is 7.02. The molecule has 0 aliphatic rings. The van der Waals surface area contributed by atoms with E-state index in [0.29, 0.717) is 23.8 Å². The maximum atomic E-state index is 9.63. The molecule has 3 N–H and O–H groups in total. The number of phenols is 1. The minimum atomic E-state index is 0.168. The number of nitrogens with zero attached hydrogens (tertiary/aromatic N) is 1. The molecular weight excluding hydrogens is 390 g/mol. The van der Waals surface area contributed by atoms with Crippen LogP contribution in [0.3, 0.4) is 0 Å². The van der Waals surface area contributed by atoms with E-state index in [1.807, 2.05) is 31.2 Å². The normalized spacial score (nSPS) is 10.6. The van der Waals surface area contributed by atoms with Crippen molar-refractivity contribution in [1.82, 2.24) is 10.7 Å². The van der Waals surface area contributed by atoms with E-state index in [0.717, 1.165) is 15.8 Å². The topological polar surface area (TPSA) is 65.9 Å². The van der Waals surface area contributed by atoms with Gasteiger partial charge in [-0.2, -0.15) is 5.10 Å². The van der Waals surface area contributed by atoms with E-state index in [9.17, 15) is 5.11 Å². The van der Waals surface area contributed by atoms with Crippen LogP contribution in [0.2, 0.25) is 0 Å². The Labute approximate surface area is 154 Å². The van der Waals surface area contributed by atoms with Crippen molar-refractivity contribution in [1.29, 1.82) is 0 Å². The highest BCUT2D eigenvalue weighted by molar-refractivity contribution is 9.10. The second-order valence-electron chi connectivity index (χ2n) is 4.81. The molecule has 2 aromatic carbocycles. The lowest BCUT2D eigenvalue weighted by Gasteiger charge is -2.10. The Balaban J connectivity index is 1.83. The number of benzene rings is 2. The first-order valence-corrected chi connectivity index (χ1v) is 8.56. The minimum Gasteiger partial charge on any atom is -0.507 e. The summed E-state index contributed by atoms with van der Waals surface area (Å²) in [4.78, 5) is 0. The molecule has 24 heavy (non-hydrogen) atoms. The number of aromatic hydroxyl groups is 1. The van der Waals surface area contributed by atoms with Crippen molar-refractivity contribution in [3.63, 3.8) is 0 Å². The molecule has 0 amide bonds. The average Bonchev–Trinajstić information content (AvgIpc) is 2.57. The summed E-state index contributed by atoms with van der Waals surface area (Å²) >= 11 is 8.65. The smallest absolute Gasteiger partial charge is 0.187 e. The molecule has 5 nitrogen and oxygen atoms in total. The zero-order valence-corrected chi connectivity index (χ0v) is 15.5. The van der Waals surface area contributed by atoms with Crippen molar-refractivity contribution in [3.05, 3.63) is 58.1 Å². The third-order valence-electron chi connectivity index (χ3n) is 3.06. The molecule has 0 aromatic heterocycles. The number of para-hydroxylation sites is 1. The summed E-state index contributed by atoms with van der Waals surface area (Å²) in [7, 11) is 0. The van der Waals surface area contributed by atoms with Gasteiger partial charge in [-0.15, -0.1) is 0 Å². The number of nitrogens with one attached hydrogen (secondary N) is 2. The Morgan fingerprint density at radius 2 is 2.12 bits per heavy atom. The van der Waals surface area contributed by atoms with Gasteiger partial charge in [-0.3, -0.25) is 5.43 Å². The third kappa shape index (κ3) is 5.50. The van der Waals surface area contributed by atoms with Crippen LogP contribution in [0.25, 0.3) is 0 Å². The number of phenolic OH excluding ortho intramolecular Hbond substituents is 1. The van der Waals surface area contributed by atoms with Crippen molar-refractivity contribution in [2.24, 2.45) is 5.10 Å². The van der Waals surface area contributed by atoms with Crippen molar-refractivity contribution in [2.45, 2.75) is 13.5 Å². The van der Waals surface area contributed by atoms with Gasteiger partial charge in [-0.25, -0.2) is 0 Å². The SMILES string of the molecule is CCOc1ccc(CNC(=S)N/N=C/c2ccccc2O)cc1Br. The highest BCUT2D eigenvalue weighted by Gasteiger charge is 2.03. The molecule has 0 aliphatic heterocycles. The summed E-state index contributed by atoms with van der Waals surface area (Å²) in [6.07, 6.45) is 1.51. The zero-order valence-electron chi connectivity index (χ0n) is 13.1. The van der Waals surface area contributed by atoms with E-state index >= 15 is 0 Å². The second-order valence-corrected chi connectivity index (χ2v) is 6.07.